The minimum Gasteiger partial charge on any atom is -0.309 e. The van der Waals surface area contributed by atoms with Crippen LogP contribution in [-0.2, 0) is 14.4 Å². The van der Waals surface area contributed by atoms with E-state index in [4.69, 9.17) is 0 Å². The lowest BCUT2D eigenvalue weighted by atomic mass is 9.99. The predicted molar refractivity (Wildman–Crippen MR) is 96.1 cm³/mol. The van der Waals surface area contributed by atoms with Crippen LogP contribution in [0.15, 0.2) is 18.6 Å². The van der Waals surface area contributed by atoms with Gasteiger partial charge in [-0.15, -0.1) is 0 Å². The van der Waals surface area contributed by atoms with Gasteiger partial charge in [-0.3, -0.25) is 24.6 Å². The lowest BCUT2D eigenvalue weighted by molar-refractivity contribution is -0.159. The smallest absolute Gasteiger partial charge is 0.250 e. The van der Waals surface area contributed by atoms with E-state index in [1.807, 2.05) is 0 Å². The maximum atomic E-state index is 13.0. The number of rotatable bonds is 10. The Hall–Kier alpha value is -2.59. The number of aromatic nitrogens is 2. The number of hydrogen-bond donors (Lipinski definition) is 3. The van der Waals surface area contributed by atoms with E-state index in [2.05, 4.69) is 27.6 Å². The van der Waals surface area contributed by atoms with E-state index in [9.17, 15) is 19.6 Å². The minimum absolute atomic E-state index is 0.107. The molecule has 1 aromatic heterocycles. The van der Waals surface area contributed by atoms with Crippen molar-refractivity contribution >= 4 is 24.0 Å². The second-order valence-corrected chi connectivity index (χ2v) is 6.42. The molecule has 1 aliphatic rings. The molecule has 10 heteroatoms. The molecule has 1 fully saturated rings. The zero-order chi connectivity index (χ0) is 19.6. The molecule has 0 radical (unpaired) electrons. The number of carbonyl (C=O) groups is 3. The molecule has 1 saturated heterocycles. The first kappa shape index (κ1) is 20.7. The zero-order valence-corrected chi connectivity index (χ0v) is 15.4. The zero-order valence-electron chi connectivity index (χ0n) is 15.4. The molecule has 27 heavy (non-hydrogen) atoms. The Labute approximate surface area is 157 Å². The first-order valence-corrected chi connectivity index (χ1v) is 9.11. The van der Waals surface area contributed by atoms with Crippen LogP contribution in [0, 0.1) is 5.92 Å². The molecule has 2 rings (SSSR count). The van der Waals surface area contributed by atoms with E-state index in [1.54, 1.807) is 6.07 Å². The van der Waals surface area contributed by atoms with Gasteiger partial charge in [-0.1, -0.05) is 26.2 Å². The van der Waals surface area contributed by atoms with E-state index in [-0.39, 0.29) is 24.8 Å². The Morgan fingerprint density at radius 1 is 1.52 bits per heavy atom. The number of anilines is 1. The SMILES string of the molecule is CCCCC[C@H](CN(O)C=O)C(=O)N1NCC[C@H]1C(=O)Nc1ccncn1. The molecule has 1 aromatic rings. The number of amides is 3. The molecule has 3 amide bonds. The van der Waals surface area contributed by atoms with Gasteiger partial charge in [0.05, 0.1) is 12.5 Å². The normalized spacial score (nSPS) is 17.4. The van der Waals surface area contributed by atoms with Crippen molar-refractivity contribution in [1.29, 1.82) is 0 Å². The first-order valence-electron chi connectivity index (χ1n) is 9.11. The van der Waals surface area contributed by atoms with Crippen molar-refractivity contribution in [2.24, 2.45) is 5.92 Å². The molecule has 10 nitrogen and oxygen atoms in total. The molecule has 0 aromatic carbocycles. The van der Waals surface area contributed by atoms with E-state index in [0.29, 0.717) is 30.3 Å². The summed E-state index contributed by atoms with van der Waals surface area (Å²) in [6.45, 7) is 2.42. The number of carbonyl (C=O) groups excluding carboxylic acids is 3. The Kier molecular flexibility index (Phi) is 8.08. The molecule has 0 aliphatic carbocycles. The van der Waals surface area contributed by atoms with Gasteiger partial charge in [0.15, 0.2) is 0 Å². The summed E-state index contributed by atoms with van der Waals surface area (Å²) in [6.07, 6.45) is 6.82. The van der Waals surface area contributed by atoms with Crippen LogP contribution in [0.1, 0.15) is 39.0 Å². The maximum absolute atomic E-state index is 13.0. The number of nitrogens with zero attached hydrogens (tertiary/aromatic N) is 4. The number of hydroxylamine groups is 2. The van der Waals surface area contributed by atoms with Crippen molar-refractivity contribution in [2.45, 2.75) is 45.1 Å². The van der Waals surface area contributed by atoms with Gasteiger partial charge in [0.1, 0.15) is 18.2 Å². The van der Waals surface area contributed by atoms with Crippen molar-refractivity contribution in [1.82, 2.24) is 25.5 Å². The topological polar surface area (TPSA) is 128 Å². The van der Waals surface area contributed by atoms with Crippen LogP contribution in [0.2, 0.25) is 0 Å². The highest BCUT2D eigenvalue weighted by atomic mass is 16.5. The molecular formula is C17H26N6O4. The van der Waals surface area contributed by atoms with Gasteiger partial charge < -0.3 is 5.32 Å². The van der Waals surface area contributed by atoms with E-state index in [0.717, 1.165) is 19.3 Å². The highest BCUT2D eigenvalue weighted by Gasteiger charge is 2.37. The molecule has 3 N–H and O–H groups in total. The molecule has 0 bridgehead atoms. The number of nitrogens with one attached hydrogen (secondary N) is 2. The van der Waals surface area contributed by atoms with Crippen LogP contribution in [0.25, 0.3) is 0 Å². The van der Waals surface area contributed by atoms with Gasteiger partial charge in [-0.2, -0.15) is 0 Å². The molecule has 0 unspecified atom stereocenters. The van der Waals surface area contributed by atoms with Crippen molar-refractivity contribution < 1.29 is 19.6 Å². The van der Waals surface area contributed by atoms with Gasteiger partial charge in [0.25, 0.3) is 0 Å². The van der Waals surface area contributed by atoms with Crippen LogP contribution in [-0.4, -0.2) is 62.6 Å². The highest BCUT2D eigenvalue weighted by molar-refractivity contribution is 5.97. The van der Waals surface area contributed by atoms with Gasteiger partial charge >= 0.3 is 0 Å². The second kappa shape index (κ2) is 10.5. The summed E-state index contributed by atoms with van der Waals surface area (Å²) in [5.41, 5.74) is 2.94. The minimum atomic E-state index is -0.690. The van der Waals surface area contributed by atoms with Gasteiger partial charge in [0.2, 0.25) is 18.2 Å². The average Bonchev–Trinajstić information content (AvgIpc) is 3.17. The summed E-state index contributed by atoms with van der Waals surface area (Å²) < 4.78 is 0. The van der Waals surface area contributed by atoms with E-state index in [1.165, 1.54) is 17.5 Å². The lowest BCUT2D eigenvalue weighted by Gasteiger charge is -2.28. The Morgan fingerprint density at radius 3 is 3.00 bits per heavy atom. The molecular weight excluding hydrogens is 352 g/mol. The van der Waals surface area contributed by atoms with Crippen LogP contribution in [0.3, 0.4) is 0 Å². The Bertz CT molecular complexity index is 629. The summed E-state index contributed by atoms with van der Waals surface area (Å²) in [7, 11) is 0. The third kappa shape index (κ3) is 5.97. The highest BCUT2D eigenvalue weighted by Crippen LogP contribution is 2.19. The molecule has 2 atom stereocenters. The van der Waals surface area contributed by atoms with Gasteiger partial charge in [0, 0.05) is 12.7 Å². The molecule has 2 heterocycles. The summed E-state index contributed by atoms with van der Waals surface area (Å²) in [5, 5.41) is 14.0. The first-order chi connectivity index (χ1) is 13.1. The van der Waals surface area contributed by atoms with Crippen LogP contribution >= 0.6 is 0 Å². The van der Waals surface area contributed by atoms with E-state index >= 15 is 0 Å². The third-order valence-corrected chi connectivity index (χ3v) is 4.42. The summed E-state index contributed by atoms with van der Waals surface area (Å²) in [6, 6.07) is 0.873. The number of hydrazine groups is 1. The maximum Gasteiger partial charge on any atom is 0.250 e. The second-order valence-electron chi connectivity index (χ2n) is 6.42. The summed E-state index contributed by atoms with van der Waals surface area (Å²) >= 11 is 0. The van der Waals surface area contributed by atoms with Gasteiger partial charge in [-0.05, 0) is 18.9 Å². The largest absolute Gasteiger partial charge is 0.309 e. The fourth-order valence-electron chi connectivity index (χ4n) is 3.01. The molecule has 148 valence electrons. The summed E-state index contributed by atoms with van der Waals surface area (Å²) in [5.74, 6) is -0.897. The third-order valence-electron chi connectivity index (χ3n) is 4.42. The van der Waals surface area contributed by atoms with Crippen molar-refractivity contribution in [3.8, 4) is 0 Å². The van der Waals surface area contributed by atoms with Gasteiger partial charge in [-0.25, -0.2) is 20.5 Å². The molecule has 0 saturated carbocycles. The standard InChI is InChI=1S/C17H26N6O4/c1-2-3-4-5-13(10-22(27)12-24)17(26)23-14(6-9-20-23)16(25)21-15-7-8-18-11-19-15/h7-8,11-14,20,27H,2-6,9-10H2,1H3,(H,18,19,21,25)/t13-,14+/m1/s1. The monoisotopic (exact) mass is 378 g/mol. The van der Waals surface area contributed by atoms with Crippen molar-refractivity contribution in [3.63, 3.8) is 0 Å². The van der Waals surface area contributed by atoms with Crippen LogP contribution < -0.4 is 10.7 Å². The molecule has 0 spiro atoms. The van der Waals surface area contributed by atoms with Crippen molar-refractivity contribution in [3.05, 3.63) is 18.6 Å². The fraction of sp³-hybridized carbons (Fsp3) is 0.588. The summed E-state index contributed by atoms with van der Waals surface area (Å²) in [4.78, 5) is 44.0. The molecule has 1 aliphatic heterocycles. The van der Waals surface area contributed by atoms with E-state index < -0.39 is 12.0 Å². The Balaban J connectivity index is 2.05. The average molecular weight is 378 g/mol. The lowest BCUT2D eigenvalue weighted by Crippen LogP contribution is -2.51. The van der Waals surface area contributed by atoms with Crippen molar-refractivity contribution in [2.75, 3.05) is 18.4 Å². The quantitative estimate of drug-likeness (QED) is 0.235. The fourth-order valence-corrected chi connectivity index (χ4v) is 3.01. The number of hydrogen-bond acceptors (Lipinski definition) is 7. The van der Waals surface area contributed by atoms with Crippen LogP contribution in [0.5, 0.6) is 0 Å². The number of unbranched alkanes of at least 4 members (excludes halogenated alkanes) is 2. The predicted octanol–water partition coefficient (Wildman–Crippen LogP) is 0.565. The Morgan fingerprint density at radius 2 is 2.33 bits per heavy atom. The van der Waals surface area contributed by atoms with Crippen LogP contribution in [0.4, 0.5) is 5.82 Å².